The zero-order valence-electron chi connectivity index (χ0n) is 10.9. The molecule has 0 aliphatic rings. The van der Waals surface area contributed by atoms with E-state index in [9.17, 15) is 9.59 Å². The van der Waals surface area contributed by atoms with E-state index in [1.807, 2.05) is 5.43 Å². The summed E-state index contributed by atoms with van der Waals surface area (Å²) in [6.45, 7) is 0.173. The van der Waals surface area contributed by atoms with E-state index in [-0.39, 0.29) is 17.9 Å². The second-order valence-electron chi connectivity index (χ2n) is 4.36. The molecule has 1 amide bonds. The summed E-state index contributed by atoms with van der Waals surface area (Å²) in [5.41, 5.74) is 3.04. The summed E-state index contributed by atoms with van der Waals surface area (Å²) in [5, 5.41) is 4.20. The van der Waals surface area contributed by atoms with Crippen LogP contribution in [0.3, 0.4) is 0 Å². The minimum absolute atomic E-state index is 0.173. The van der Waals surface area contributed by atoms with E-state index in [0.29, 0.717) is 11.3 Å². The molecule has 3 aromatic rings. The lowest BCUT2D eigenvalue weighted by atomic mass is 10.3. The Hall–Kier alpha value is -3.00. The summed E-state index contributed by atoms with van der Waals surface area (Å²) in [5.74, 6) is 4.58. The number of hydrogen-bond donors (Lipinski definition) is 2. The number of nitrogens with zero attached hydrogens (tertiary/aromatic N) is 4. The fourth-order valence-corrected chi connectivity index (χ4v) is 1.99. The van der Waals surface area contributed by atoms with Crippen LogP contribution < -0.4 is 17.0 Å². The summed E-state index contributed by atoms with van der Waals surface area (Å²) >= 11 is 0. The molecule has 0 radical (unpaired) electrons. The van der Waals surface area contributed by atoms with Crippen molar-refractivity contribution >= 4 is 11.6 Å². The number of fused-ring (bicyclic) bond motifs is 1. The molecule has 3 N–H and O–H groups in total. The van der Waals surface area contributed by atoms with E-state index in [0.717, 1.165) is 0 Å². The van der Waals surface area contributed by atoms with E-state index >= 15 is 0 Å². The number of pyridine rings is 2. The molecule has 3 heterocycles. The number of rotatable bonds is 3. The Kier molecular flexibility index (Phi) is 3.20. The first kappa shape index (κ1) is 13.0. The van der Waals surface area contributed by atoms with E-state index in [1.54, 1.807) is 36.5 Å². The van der Waals surface area contributed by atoms with Crippen LogP contribution in [0.25, 0.3) is 5.65 Å². The van der Waals surface area contributed by atoms with E-state index in [2.05, 4.69) is 10.1 Å². The monoisotopic (exact) mass is 284 g/mol. The maximum atomic E-state index is 12.1. The van der Waals surface area contributed by atoms with Crippen LogP contribution in [0, 0.1) is 0 Å². The number of aromatic nitrogens is 4. The number of nitrogen functional groups attached to an aromatic ring is 1. The first-order valence-electron chi connectivity index (χ1n) is 6.20. The Morgan fingerprint density at radius 2 is 2.10 bits per heavy atom. The van der Waals surface area contributed by atoms with Crippen LogP contribution in [-0.2, 0) is 6.54 Å². The molecule has 8 heteroatoms. The highest BCUT2D eigenvalue weighted by Gasteiger charge is 2.09. The van der Waals surface area contributed by atoms with Crippen molar-refractivity contribution in [1.82, 2.24) is 24.6 Å². The van der Waals surface area contributed by atoms with Gasteiger partial charge in [-0.2, -0.15) is 0 Å². The van der Waals surface area contributed by atoms with Crippen molar-refractivity contribution in [2.24, 2.45) is 5.84 Å². The van der Waals surface area contributed by atoms with Gasteiger partial charge in [-0.25, -0.2) is 20.3 Å². The minimum atomic E-state index is -0.487. The quantitative estimate of drug-likeness (QED) is 0.384. The van der Waals surface area contributed by atoms with Crippen LogP contribution in [0.15, 0.2) is 47.4 Å². The molecule has 0 saturated carbocycles. The summed E-state index contributed by atoms with van der Waals surface area (Å²) in [6, 6.07) is 10.2. The van der Waals surface area contributed by atoms with Gasteiger partial charge in [-0.3, -0.25) is 14.6 Å². The van der Waals surface area contributed by atoms with Gasteiger partial charge < -0.3 is 0 Å². The SMILES string of the molecule is NNC(=O)c1cccc(Cn2nc3ccccn3c2=O)n1. The van der Waals surface area contributed by atoms with Gasteiger partial charge >= 0.3 is 5.69 Å². The highest BCUT2D eigenvalue weighted by molar-refractivity contribution is 5.91. The predicted octanol–water partition coefficient (Wildman–Crippen LogP) is -0.457. The highest BCUT2D eigenvalue weighted by Crippen LogP contribution is 2.02. The van der Waals surface area contributed by atoms with Crippen molar-refractivity contribution in [3.8, 4) is 0 Å². The average Bonchev–Trinajstić information content (AvgIpc) is 2.83. The van der Waals surface area contributed by atoms with Crippen molar-refractivity contribution < 1.29 is 4.79 Å². The van der Waals surface area contributed by atoms with Crippen molar-refractivity contribution in [2.75, 3.05) is 0 Å². The average molecular weight is 284 g/mol. The van der Waals surface area contributed by atoms with E-state index < -0.39 is 5.91 Å². The Bertz CT molecular complexity index is 866. The van der Waals surface area contributed by atoms with Crippen molar-refractivity contribution in [3.63, 3.8) is 0 Å². The zero-order valence-corrected chi connectivity index (χ0v) is 10.9. The Balaban J connectivity index is 1.97. The Morgan fingerprint density at radius 1 is 1.24 bits per heavy atom. The lowest BCUT2D eigenvalue weighted by molar-refractivity contribution is 0.0948. The maximum absolute atomic E-state index is 12.1. The van der Waals surface area contributed by atoms with Gasteiger partial charge in [0, 0.05) is 6.20 Å². The Morgan fingerprint density at radius 3 is 2.86 bits per heavy atom. The largest absolute Gasteiger partial charge is 0.350 e. The van der Waals surface area contributed by atoms with Crippen LogP contribution in [0.1, 0.15) is 16.2 Å². The zero-order chi connectivity index (χ0) is 14.8. The first-order chi connectivity index (χ1) is 10.2. The molecule has 0 bridgehead atoms. The summed E-state index contributed by atoms with van der Waals surface area (Å²) < 4.78 is 2.73. The lowest BCUT2D eigenvalue weighted by Gasteiger charge is -2.02. The van der Waals surface area contributed by atoms with Gasteiger partial charge in [-0.05, 0) is 24.3 Å². The number of amides is 1. The van der Waals surface area contributed by atoms with Gasteiger partial charge in [0.15, 0.2) is 5.65 Å². The fraction of sp³-hybridized carbons (Fsp3) is 0.0769. The fourth-order valence-electron chi connectivity index (χ4n) is 1.99. The van der Waals surface area contributed by atoms with Crippen molar-refractivity contribution in [1.29, 1.82) is 0 Å². The number of hydrogen-bond acceptors (Lipinski definition) is 5. The van der Waals surface area contributed by atoms with E-state index in [4.69, 9.17) is 5.84 Å². The molecular formula is C13H12N6O2. The normalized spacial score (nSPS) is 10.7. The third-order valence-corrected chi connectivity index (χ3v) is 2.97. The van der Waals surface area contributed by atoms with Gasteiger partial charge in [0.1, 0.15) is 5.69 Å². The molecule has 21 heavy (non-hydrogen) atoms. The molecule has 8 nitrogen and oxygen atoms in total. The molecule has 0 aliphatic heterocycles. The summed E-state index contributed by atoms with van der Waals surface area (Å²) in [4.78, 5) is 27.7. The summed E-state index contributed by atoms with van der Waals surface area (Å²) in [7, 11) is 0. The second kappa shape index (κ2) is 5.17. The van der Waals surface area contributed by atoms with Gasteiger partial charge in [0.2, 0.25) is 0 Å². The number of hydrazine groups is 1. The molecule has 0 fully saturated rings. The third kappa shape index (κ3) is 2.39. The standard InChI is InChI=1S/C13H12N6O2/c14-16-12(20)10-5-3-4-9(15-10)8-19-13(21)18-7-2-1-6-11(18)17-19/h1-7H,8,14H2,(H,16,20). The van der Waals surface area contributed by atoms with Crippen LogP contribution >= 0.6 is 0 Å². The number of nitrogens with two attached hydrogens (primary N) is 1. The molecule has 0 aromatic carbocycles. The van der Waals surface area contributed by atoms with Gasteiger partial charge in [-0.15, -0.1) is 5.10 Å². The van der Waals surface area contributed by atoms with E-state index in [1.165, 1.54) is 15.1 Å². The lowest BCUT2D eigenvalue weighted by Crippen LogP contribution is -2.31. The smallest absolute Gasteiger partial charge is 0.289 e. The number of nitrogens with one attached hydrogen (secondary N) is 1. The maximum Gasteiger partial charge on any atom is 0.350 e. The highest BCUT2D eigenvalue weighted by atomic mass is 16.2. The second-order valence-corrected chi connectivity index (χ2v) is 4.36. The molecular weight excluding hydrogens is 272 g/mol. The van der Waals surface area contributed by atoms with Crippen molar-refractivity contribution in [2.45, 2.75) is 6.54 Å². The number of carbonyl (C=O) groups is 1. The van der Waals surface area contributed by atoms with Gasteiger partial charge in [-0.1, -0.05) is 12.1 Å². The minimum Gasteiger partial charge on any atom is -0.289 e. The summed E-state index contributed by atoms with van der Waals surface area (Å²) in [6.07, 6.45) is 1.65. The molecule has 3 aromatic heterocycles. The van der Waals surface area contributed by atoms with Gasteiger partial charge in [0.25, 0.3) is 5.91 Å². The van der Waals surface area contributed by atoms with Crippen molar-refractivity contribution in [3.05, 3.63) is 64.5 Å². The van der Waals surface area contributed by atoms with Crippen LogP contribution in [0.5, 0.6) is 0 Å². The Labute approximate surface area is 118 Å². The molecule has 0 atom stereocenters. The first-order valence-corrected chi connectivity index (χ1v) is 6.20. The molecule has 0 spiro atoms. The topological polar surface area (TPSA) is 107 Å². The molecule has 106 valence electrons. The predicted molar refractivity (Wildman–Crippen MR) is 74.4 cm³/mol. The molecule has 0 aliphatic carbocycles. The molecule has 0 unspecified atom stereocenters. The molecule has 3 rings (SSSR count). The third-order valence-electron chi connectivity index (χ3n) is 2.97. The van der Waals surface area contributed by atoms with Crippen LogP contribution in [-0.4, -0.2) is 25.1 Å². The number of carbonyl (C=O) groups excluding carboxylic acids is 1. The van der Waals surface area contributed by atoms with Crippen LogP contribution in [0.2, 0.25) is 0 Å². The van der Waals surface area contributed by atoms with Gasteiger partial charge in [0.05, 0.1) is 12.2 Å². The molecule has 0 saturated heterocycles. The van der Waals surface area contributed by atoms with Crippen LogP contribution in [0.4, 0.5) is 0 Å².